The minimum absolute atomic E-state index is 0.162. The van der Waals surface area contributed by atoms with E-state index in [0.717, 1.165) is 9.35 Å². The molecule has 1 N–H and O–H groups in total. The molecule has 0 radical (unpaired) electrons. The third-order valence-corrected chi connectivity index (χ3v) is 4.87. The van der Waals surface area contributed by atoms with E-state index in [4.69, 9.17) is 4.52 Å². The van der Waals surface area contributed by atoms with E-state index < -0.39 is 0 Å². The van der Waals surface area contributed by atoms with Gasteiger partial charge in [0.2, 0.25) is 11.7 Å². The van der Waals surface area contributed by atoms with E-state index in [1.807, 2.05) is 36.7 Å². The second-order valence-electron chi connectivity index (χ2n) is 4.60. The van der Waals surface area contributed by atoms with E-state index in [1.54, 1.807) is 11.3 Å². The quantitative estimate of drug-likeness (QED) is 0.742. The maximum Gasteiger partial charge on any atom is 0.228 e. The molecular weight excluding hydrogens is 350 g/mol. The molecule has 21 heavy (non-hydrogen) atoms. The molecule has 6 heteroatoms. The third-order valence-electron chi connectivity index (χ3n) is 3.19. The molecule has 2 heterocycles. The summed E-state index contributed by atoms with van der Waals surface area (Å²) < 4.78 is 6.41. The number of aromatic nitrogens is 2. The monoisotopic (exact) mass is 363 g/mol. The van der Waals surface area contributed by atoms with Crippen molar-refractivity contribution in [2.45, 2.75) is 12.5 Å². The van der Waals surface area contributed by atoms with Crippen LogP contribution in [0.5, 0.6) is 0 Å². The van der Waals surface area contributed by atoms with Gasteiger partial charge in [0, 0.05) is 22.3 Å². The van der Waals surface area contributed by atoms with Crippen molar-refractivity contribution >= 4 is 27.3 Å². The molecule has 1 atom stereocenters. The molecule has 3 rings (SSSR count). The van der Waals surface area contributed by atoms with Crippen LogP contribution in [0, 0.1) is 0 Å². The molecule has 1 unspecified atom stereocenters. The number of thiophene rings is 1. The number of halogens is 1. The third kappa shape index (κ3) is 3.40. The number of nitrogens with zero attached hydrogens (tertiary/aromatic N) is 2. The van der Waals surface area contributed by atoms with Crippen LogP contribution in [0.4, 0.5) is 0 Å². The van der Waals surface area contributed by atoms with Crippen molar-refractivity contribution in [2.75, 3.05) is 7.05 Å². The number of rotatable bonds is 5. The standard InChI is InChI=1S/C15H14BrN3OS/c1-17-12(10-5-3-2-4-6-10)8-14-18-15(19-20-14)13-7-11(16)9-21-13/h2-7,9,12,17H,8H2,1H3. The highest BCUT2D eigenvalue weighted by Crippen LogP contribution is 2.28. The number of benzene rings is 1. The average molecular weight is 364 g/mol. The number of likely N-dealkylation sites (N-methyl/N-ethyl adjacent to an activating group) is 1. The highest BCUT2D eigenvalue weighted by molar-refractivity contribution is 9.10. The SMILES string of the molecule is CNC(Cc1nc(-c2cc(Br)cs2)no1)c1ccccc1. The summed E-state index contributed by atoms with van der Waals surface area (Å²) in [7, 11) is 1.94. The lowest BCUT2D eigenvalue weighted by molar-refractivity contribution is 0.363. The van der Waals surface area contributed by atoms with Crippen molar-refractivity contribution in [3.05, 3.63) is 57.7 Å². The van der Waals surface area contributed by atoms with Crippen molar-refractivity contribution in [1.82, 2.24) is 15.5 Å². The molecule has 0 amide bonds. The zero-order valence-electron chi connectivity index (χ0n) is 11.4. The zero-order chi connectivity index (χ0) is 14.7. The van der Waals surface area contributed by atoms with Gasteiger partial charge in [-0.25, -0.2) is 0 Å². The predicted molar refractivity (Wildman–Crippen MR) is 87.3 cm³/mol. The van der Waals surface area contributed by atoms with Crippen LogP contribution in [0.25, 0.3) is 10.7 Å². The van der Waals surface area contributed by atoms with E-state index >= 15 is 0 Å². The summed E-state index contributed by atoms with van der Waals surface area (Å²) in [6.45, 7) is 0. The van der Waals surface area contributed by atoms with Gasteiger partial charge in [0.25, 0.3) is 0 Å². The first-order chi connectivity index (χ1) is 10.3. The normalized spacial score (nSPS) is 12.5. The Labute approximate surface area is 135 Å². The lowest BCUT2D eigenvalue weighted by atomic mass is 10.0. The summed E-state index contributed by atoms with van der Waals surface area (Å²) in [4.78, 5) is 5.48. The summed E-state index contributed by atoms with van der Waals surface area (Å²) in [6, 6.07) is 12.4. The fourth-order valence-corrected chi connectivity index (χ4v) is 3.47. The maximum absolute atomic E-state index is 5.37. The van der Waals surface area contributed by atoms with Crippen LogP contribution in [0.1, 0.15) is 17.5 Å². The Morgan fingerprint density at radius 1 is 1.33 bits per heavy atom. The first-order valence-corrected chi connectivity index (χ1v) is 8.22. The molecule has 0 saturated heterocycles. The molecule has 3 aromatic rings. The molecule has 108 valence electrons. The van der Waals surface area contributed by atoms with E-state index in [2.05, 4.69) is 43.5 Å². The Morgan fingerprint density at radius 2 is 2.14 bits per heavy atom. The molecular formula is C15H14BrN3OS. The van der Waals surface area contributed by atoms with Crippen molar-refractivity contribution in [3.63, 3.8) is 0 Å². The average Bonchev–Trinajstić information content (AvgIpc) is 3.14. The van der Waals surface area contributed by atoms with Crippen molar-refractivity contribution in [2.24, 2.45) is 0 Å². The van der Waals surface area contributed by atoms with Crippen LogP contribution in [0.15, 0.2) is 50.8 Å². The smallest absolute Gasteiger partial charge is 0.228 e. The summed E-state index contributed by atoms with van der Waals surface area (Å²) in [5.74, 6) is 1.28. The molecule has 0 saturated carbocycles. The van der Waals surface area contributed by atoms with Gasteiger partial charge in [-0.3, -0.25) is 0 Å². The highest BCUT2D eigenvalue weighted by atomic mass is 79.9. The molecule has 0 spiro atoms. The van der Waals surface area contributed by atoms with Crippen molar-refractivity contribution in [1.29, 1.82) is 0 Å². The maximum atomic E-state index is 5.37. The van der Waals surface area contributed by atoms with Crippen LogP contribution in [0.3, 0.4) is 0 Å². The Hall–Kier alpha value is -1.50. The first-order valence-electron chi connectivity index (χ1n) is 6.55. The Morgan fingerprint density at radius 3 is 2.81 bits per heavy atom. The van der Waals surface area contributed by atoms with E-state index in [-0.39, 0.29) is 6.04 Å². The van der Waals surface area contributed by atoms with E-state index in [1.165, 1.54) is 5.56 Å². The molecule has 0 bridgehead atoms. The summed E-state index contributed by atoms with van der Waals surface area (Å²) >= 11 is 5.02. The summed E-state index contributed by atoms with van der Waals surface area (Å²) in [6.07, 6.45) is 0.667. The van der Waals surface area contributed by atoms with E-state index in [9.17, 15) is 0 Å². The van der Waals surface area contributed by atoms with Gasteiger partial charge in [-0.15, -0.1) is 11.3 Å². The lowest BCUT2D eigenvalue weighted by Crippen LogP contribution is -2.18. The van der Waals surface area contributed by atoms with Crippen LogP contribution < -0.4 is 5.32 Å². The van der Waals surface area contributed by atoms with Crippen molar-refractivity contribution < 1.29 is 4.52 Å². The lowest BCUT2D eigenvalue weighted by Gasteiger charge is -2.13. The van der Waals surface area contributed by atoms with Crippen LogP contribution >= 0.6 is 27.3 Å². The van der Waals surface area contributed by atoms with Gasteiger partial charge >= 0.3 is 0 Å². The van der Waals surface area contributed by atoms with Gasteiger partial charge in [-0.2, -0.15) is 4.98 Å². The predicted octanol–water partition coefficient (Wildman–Crippen LogP) is 4.06. The summed E-state index contributed by atoms with van der Waals surface area (Å²) in [5.41, 5.74) is 1.21. The molecule has 2 aromatic heterocycles. The van der Waals surface area contributed by atoms with Gasteiger partial charge in [0.05, 0.1) is 4.88 Å². The molecule has 4 nitrogen and oxygen atoms in total. The first kappa shape index (κ1) is 14.4. The van der Waals surface area contributed by atoms with Gasteiger partial charge < -0.3 is 9.84 Å². The van der Waals surface area contributed by atoms with Crippen LogP contribution in [0.2, 0.25) is 0 Å². The summed E-state index contributed by atoms with van der Waals surface area (Å²) in [5, 5.41) is 9.35. The fourth-order valence-electron chi connectivity index (χ4n) is 2.11. The molecule has 0 aliphatic heterocycles. The fraction of sp³-hybridized carbons (Fsp3) is 0.200. The zero-order valence-corrected chi connectivity index (χ0v) is 13.8. The number of nitrogens with one attached hydrogen (secondary N) is 1. The molecule has 1 aromatic carbocycles. The van der Waals surface area contributed by atoms with Crippen LogP contribution in [-0.2, 0) is 6.42 Å². The van der Waals surface area contributed by atoms with Gasteiger partial charge in [0.1, 0.15) is 0 Å². The second-order valence-corrected chi connectivity index (χ2v) is 6.42. The van der Waals surface area contributed by atoms with E-state index in [0.29, 0.717) is 18.1 Å². The Balaban J connectivity index is 1.77. The second kappa shape index (κ2) is 6.51. The molecule has 0 fully saturated rings. The van der Waals surface area contributed by atoms with Gasteiger partial charge in [-0.1, -0.05) is 35.5 Å². The molecule has 0 aliphatic rings. The van der Waals surface area contributed by atoms with Crippen molar-refractivity contribution in [3.8, 4) is 10.7 Å². The molecule has 0 aliphatic carbocycles. The highest BCUT2D eigenvalue weighted by Gasteiger charge is 2.16. The van der Waals surface area contributed by atoms with Crippen LogP contribution in [-0.4, -0.2) is 17.2 Å². The number of hydrogen-bond acceptors (Lipinski definition) is 5. The topological polar surface area (TPSA) is 51.0 Å². The Bertz CT molecular complexity index is 711. The minimum Gasteiger partial charge on any atom is -0.339 e. The Kier molecular flexibility index (Phi) is 4.48. The van der Waals surface area contributed by atoms with Gasteiger partial charge in [0.15, 0.2) is 0 Å². The minimum atomic E-state index is 0.162. The largest absolute Gasteiger partial charge is 0.339 e. The number of hydrogen-bond donors (Lipinski definition) is 1. The van der Waals surface area contributed by atoms with Gasteiger partial charge in [-0.05, 0) is 34.6 Å².